The smallest absolute Gasteiger partial charge is 0.188 e. The number of ether oxygens (including phenoxy) is 1. The van der Waals surface area contributed by atoms with E-state index in [0.29, 0.717) is 24.0 Å². The summed E-state index contributed by atoms with van der Waals surface area (Å²) >= 11 is 0. The van der Waals surface area contributed by atoms with Crippen LogP contribution in [0, 0.1) is 17.3 Å². The van der Waals surface area contributed by atoms with E-state index >= 15 is 0 Å². The summed E-state index contributed by atoms with van der Waals surface area (Å²) in [7, 11) is 0. The fraction of sp³-hybridized carbons (Fsp3) is 0.565. The third-order valence-electron chi connectivity index (χ3n) is 6.64. The highest BCUT2D eigenvalue weighted by Crippen LogP contribution is 2.57. The van der Waals surface area contributed by atoms with Crippen LogP contribution >= 0.6 is 0 Å². The topological polar surface area (TPSA) is 63.6 Å². The average molecular weight is 370 g/mol. The van der Waals surface area contributed by atoms with Crippen molar-refractivity contribution in [3.05, 3.63) is 47.5 Å². The van der Waals surface area contributed by atoms with E-state index < -0.39 is 11.7 Å². The number of benzene rings is 1. The van der Waals surface area contributed by atoms with Gasteiger partial charge in [-0.2, -0.15) is 0 Å². The second-order valence-corrected chi connectivity index (χ2v) is 8.79. The highest BCUT2D eigenvalue weighted by molar-refractivity contribution is 5.97. The van der Waals surface area contributed by atoms with Crippen molar-refractivity contribution >= 4 is 11.6 Å². The third-order valence-corrected chi connectivity index (χ3v) is 6.64. The summed E-state index contributed by atoms with van der Waals surface area (Å²) in [4.78, 5) is 25.1. The zero-order chi connectivity index (χ0) is 19.8. The molecule has 1 aromatic carbocycles. The number of carbonyl (C=O) groups excluding carboxylic acids is 2. The minimum Gasteiger partial charge on any atom is -0.389 e. The number of aliphatic hydroxyl groups is 1. The summed E-state index contributed by atoms with van der Waals surface area (Å²) < 4.78 is 6.08. The fourth-order valence-electron chi connectivity index (χ4n) is 4.89. The van der Waals surface area contributed by atoms with Crippen molar-refractivity contribution in [2.75, 3.05) is 6.61 Å². The Bertz CT molecular complexity index is 751. The van der Waals surface area contributed by atoms with Gasteiger partial charge in [0.05, 0.1) is 11.7 Å². The van der Waals surface area contributed by atoms with Gasteiger partial charge in [-0.1, -0.05) is 51.1 Å². The molecule has 0 saturated heterocycles. The van der Waals surface area contributed by atoms with E-state index in [2.05, 4.69) is 6.92 Å². The van der Waals surface area contributed by atoms with Gasteiger partial charge in [-0.15, -0.1) is 0 Å². The molecule has 0 amide bonds. The molecule has 4 atom stereocenters. The Morgan fingerprint density at radius 3 is 2.56 bits per heavy atom. The summed E-state index contributed by atoms with van der Waals surface area (Å²) in [6.07, 6.45) is 3.23. The fourth-order valence-corrected chi connectivity index (χ4v) is 4.89. The van der Waals surface area contributed by atoms with E-state index in [1.165, 1.54) is 0 Å². The molecule has 0 spiro atoms. The molecule has 1 fully saturated rings. The molecule has 2 aliphatic carbocycles. The summed E-state index contributed by atoms with van der Waals surface area (Å²) in [5.41, 5.74) is 0.0339. The summed E-state index contributed by atoms with van der Waals surface area (Å²) in [5.74, 6) is -0.155. The quantitative estimate of drug-likeness (QED) is 0.797. The van der Waals surface area contributed by atoms with E-state index in [9.17, 15) is 14.7 Å². The molecule has 27 heavy (non-hydrogen) atoms. The second-order valence-electron chi connectivity index (χ2n) is 8.79. The molecule has 0 unspecified atom stereocenters. The van der Waals surface area contributed by atoms with Crippen molar-refractivity contribution in [2.45, 2.75) is 58.7 Å². The highest BCUT2D eigenvalue weighted by Gasteiger charge is 2.59. The molecule has 1 N–H and O–H groups in total. The van der Waals surface area contributed by atoms with Crippen molar-refractivity contribution < 1.29 is 19.4 Å². The van der Waals surface area contributed by atoms with Crippen LogP contribution in [0.1, 0.15) is 57.3 Å². The van der Waals surface area contributed by atoms with Gasteiger partial charge in [0.1, 0.15) is 6.61 Å². The Morgan fingerprint density at radius 1 is 1.26 bits per heavy atom. The zero-order valence-corrected chi connectivity index (χ0v) is 16.7. The van der Waals surface area contributed by atoms with Gasteiger partial charge >= 0.3 is 0 Å². The molecule has 0 radical (unpaired) electrons. The number of Topliss-reactive ketones (excluding diaryl/α,β-unsaturated/α-hetero) is 2. The lowest BCUT2D eigenvalue weighted by Crippen LogP contribution is -2.49. The van der Waals surface area contributed by atoms with Crippen molar-refractivity contribution in [2.24, 2.45) is 17.3 Å². The SMILES string of the molecule is CC1=C[C@H](OCC(=O)c2ccccc2)[C@@H]2[C@](C)(CC[C@@]2(O)C(C)C)CC1=O. The molecule has 4 nitrogen and oxygen atoms in total. The first-order valence-corrected chi connectivity index (χ1v) is 9.81. The summed E-state index contributed by atoms with van der Waals surface area (Å²) in [6.45, 7) is 7.85. The van der Waals surface area contributed by atoms with Crippen molar-refractivity contribution in [3.8, 4) is 0 Å². The minimum absolute atomic E-state index is 0.0437. The third kappa shape index (κ3) is 3.65. The first-order valence-electron chi connectivity index (χ1n) is 9.81. The molecule has 0 heterocycles. The monoisotopic (exact) mass is 370 g/mol. The van der Waals surface area contributed by atoms with Crippen LogP contribution in [0.3, 0.4) is 0 Å². The van der Waals surface area contributed by atoms with Crippen LogP contribution in [0.25, 0.3) is 0 Å². The first kappa shape index (κ1) is 20.0. The molecule has 0 bridgehead atoms. The van der Waals surface area contributed by atoms with E-state index in [-0.39, 0.29) is 35.4 Å². The lowest BCUT2D eigenvalue weighted by molar-refractivity contribution is -0.124. The Labute approximate surface area is 161 Å². The van der Waals surface area contributed by atoms with Crippen LogP contribution in [0.5, 0.6) is 0 Å². The van der Waals surface area contributed by atoms with Gasteiger partial charge in [0.25, 0.3) is 0 Å². The molecule has 146 valence electrons. The lowest BCUT2D eigenvalue weighted by Gasteiger charge is -2.43. The number of fused-ring (bicyclic) bond motifs is 1. The van der Waals surface area contributed by atoms with Crippen molar-refractivity contribution in [1.82, 2.24) is 0 Å². The summed E-state index contributed by atoms with van der Waals surface area (Å²) in [5, 5.41) is 11.5. The van der Waals surface area contributed by atoms with Crippen LogP contribution in [-0.2, 0) is 9.53 Å². The number of hydrogen-bond donors (Lipinski definition) is 1. The molecule has 1 aromatic rings. The number of carbonyl (C=O) groups is 2. The highest BCUT2D eigenvalue weighted by atomic mass is 16.5. The Hall–Kier alpha value is -1.78. The van der Waals surface area contributed by atoms with Crippen LogP contribution in [0.4, 0.5) is 0 Å². The van der Waals surface area contributed by atoms with Crippen LogP contribution in [-0.4, -0.2) is 35.0 Å². The predicted molar refractivity (Wildman–Crippen MR) is 105 cm³/mol. The molecular formula is C23H30O4. The van der Waals surface area contributed by atoms with E-state index in [1.807, 2.05) is 38.1 Å². The number of rotatable bonds is 5. The minimum atomic E-state index is -0.906. The van der Waals surface area contributed by atoms with Crippen LogP contribution in [0.15, 0.2) is 42.0 Å². The molecular weight excluding hydrogens is 340 g/mol. The van der Waals surface area contributed by atoms with Gasteiger partial charge in [-0.25, -0.2) is 0 Å². The van der Waals surface area contributed by atoms with E-state index in [0.717, 1.165) is 6.42 Å². The molecule has 0 aliphatic heterocycles. The maximum absolute atomic E-state index is 12.6. The molecule has 3 rings (SSSR count). The van der Waals surface area contributed by atoms with Crippen molar-refractivity contribution in [3.63, 3.8) is 0 Å². The second kappa shape index (κ2) is 7.33. The summed E-state index contributed by atoms with van der Waals surface area (Å²) in [6, 6.07) is 9.06. The average Bonchev–Trinajstić information content (AvgIpc) is 2.85. The standard InChI is InChI=1S/C23H30O4/c1-15(2)23(26)11-10-22(4)13-18(24)16(3)12-20(21(22)23)27-14-19(25)17-8-6-5-7-9-17/h5-9,12,15,20-21,26H,10-11,13-14H2,1-4H3/t20-,21+,22+,23+/m0/s1. The lowest BCUT2D eigenvalue weighted by atomic mass is 9.68. The van der Waals surface area contributed by atoms with E-state index in [4.69, 9.17) is 4.74 Å². The zero-order valence-electron chi connectivity index (χ0n) is 16.7. The van der Waals surface area contributed by atoms with E-state index in [1.54, 1.807) is 19.1 Å². The molecule has 0 aromatic heterocycles. The largest absolute Gasteiger partial charge is 0.389 e. The normalized spacial score (nSPS) is 33.6. The Kier molecular flexibility index (Phi) is 5.42. The van der Waals surface area contributed by atoms with Crippen LogP contribution < -0.4 is 0 Å². The van der Waals surface area contributed by atoms with Gasteiger partial charge in [0, 0.05) is 17.9 Å². The van der Waals surface area contributed by atoms with Gasteiger partial charge in [-0.05, 0) is 42.7 Å². The van der Waals surface area contributed by atoms with Gasteiger partial charge in [0.15, 0.2) is 11.6 Å². The number of allylic oxidation sites excluding steroid dienone is 1. The van der Waals surface area contributed by atoms with Gasteiger partial charge in [0.2, 0.25) is 0 Å². The first-order chi connectivity index (χ1) is 12.7. The predicted octanol–water partition coefficient (Wildman–Crippen LogP) is 3.98. The Balaban J connectivity index is 1.89. The number of hydrogen-bond acceptors (Lipinski definition) is 4. The van der Waals surface area contributed by atoms with Crippen molar-refractivity contribution in [1.29, 1.82) is 0 Å². The number of ketones is 2. The maximum Gasteiger partial charge on any atom is 0.188 e. The van der Waals surface area contributed by atoms with Gasteiger partial charge < -0.3 is 9.84 Å². The maximum atomic E-state index is 12.6. The molecule has 4 heteroatoms. The van der Waals surface area contributed by atoms with Crippen LogP contribution in [0.2, 0.25) is 0 Å². The molecule has 2 aliphatic rings. The molecule has 1 saturated carbocycles. The van der Waals surface area contributed by atoms with Gasteiger partial charge in [-0.3, -0.25) is 9.59 Å². The Morgan fingerprint density at radius 2 is 1.93 bits per heavy atom.